The average molecular weight is 360 g/mol. The van der Waals surface area contributed by atoms with Crippen LogP contribution in [0.1, 0.15) is 42.8 Å². The van der Waals surface area contributed by atoms with Crippen molar-refractivity contribution in [1.29, 1.82) is 0 Å². The van der Waals surface area contributed by atoms with Crippen molar-refractivity contribution < 1.29 is 4.74 Å². The number of rotatable bonds is 7. The number of piperidine rings is 1. The Hall–Kier alpha value is -1.24. The van der Waals surface area contributed by atoms with E-state index >= 15 is 0 Å². The molecule has 1 aromatic heterocycles. The van der Waals surface area contributed by atoms with Crippen LogP contribution in [0.25, 0.3) is 0 Å². The van der Waals surface area contributed by atoms with E-state index in [1.165, 1.54) is 43.5 Å². The van der Waals surface area contributed by atoms with Gasteiger partial charge in [-0.05, 0) is 44.6 Å². The van der Waals surface area contributed by atoms with Crippen molar-refractivity contribution in [3.63, 3.8) is 0 Å². The summed E-state index contributed by atoms with van der Waals surface area (Å²) in [5, 5.41) is 7.08. The lowest BCUT2D eigenvalue weighted by atomic mass is 10.1. The minimum atomic E-state index is 0.682. The molecule has 1 saturated carbocycles. The number of nitrogens with zero attached hydrogens (tertiary/aromatic N) is 3. The van der Waals surface area contributed by atoms with Crippen LogP contribution in [-0.4, -0.2) is 67.4 Å². The highest BCUT2D eigenvalue weighted by Gasteiger charge is 2.27. The van der Waals surface area contributed by atoms with Crippen LogP contribution < -0.4 is 10.6 Å². The number of hydrogen-bond donors (Lipinski definition) is 2. The Morgan fingerprint density at radius 2 is 2.08 bits per heavy atom. The zero-order chi connectivity index (χ0) is 17.8. The quantitative estimate of drug-likeness (QED) is 0.722. The number of fused-ring (bicyclic) bond motifs is 1. The summed E-state index contributed by atoms with van der Waals surface area (Å²) in [7, 11) is 1.75. The molecule has 4 rings (SSSR count). The SMILES string of the molecule is COCCNc1nc(CC2CC2)nc2c1CCN([C@@H]1CCCNC1)CC2. The van der Waals surface area contributed by atoms with E-state index in [0.29, 0.717) is 12.6 Å². The number of anilines is 1. The maximum atomic E-state index is 5.21. The number of hydrogen-bond acceptors (Lipinski definition) is 6. The first-order valence-electron chi connectivity index (χ1n) is 10.4. The van der Waals surface area contributed by atoms with Crippen LogP contribution in [0.15, 0.2) is 0 Å². The minimum Gasteiger partial charge on any atom is -0.383 e. The van der Waals surface area contributed by atoms with E-state index in [2.05, 4.69) is 15.5 Å². The molecule has 3 heterocycles. The molecule has 1 aliphatic carbocycles. The van der Waals surface area contributed by atoms with E-state index in [4.69, 9.17) is 14.7 Å². The Morgan fingerprint density at radius 1 is 1.19 bits per heavy atom. The molecular weight excluding hydrogens is 326 g/mol. The van der Waals surface area contributed by atoms with E-state index in [-0.39, 0.29) is 0 Å². The molecule has 1 atom stereocenters. The summed E-state index contributed by atoms with van der Waals surface area (Å²) in [6.45, 7) is 6.05. The van der Waals surface area contributed by atoms with Gasteiger partial charge in [-0.1, -0.05) is 0 Å². The van der Waals surface area contributed by atoms with Crippen molar-refractivity contribution in [2.24, 2.45) is 5.92 Å². The number of aromatic nitrogens is 2. The van der Waals surface area contributed by atoms with Crippen LogP contribution >= 0.6 is 0 Å². The standard InChI is InChI=1S/C20H33N5O/c1-26-12-9-22-20-17-6-10-25(16-3-2-8-21-14-16)11-7-18(17)23-19(24-20)13-15-4-5-15/h15-16,21H,2-14H2,1H3,(H,22,23,24)/t16-/m1/s1. The first-order chi connectivity index (χ1) is 12.8. The van der Waals surface area contributed by atoms with Crippen LogP contribution in [0.5, 0.6) is 0 Å². The van der Waals surface area contributed by atoms with Gasteiger partial charge in [-0.25, -0.2) is 9.97 Å². The molecule has 144 valence electrons. The molecule has 2 aliphatic heterocycles. The molecule has 3 aliphatic rings. The van der Waals surface area contributed by atoms with E-state index in [9.17, 15) is 0 Å². The fourth-order valence-electron chi connectivity index (χ4n) is 4.27. The molecule has 0 amide bonds. The number of ether oxygens (including phenoxy) is 1. The lowest BCUT2D eigenvalue weighted by molar-refractivity contribution is 0.173. The van der Waals surface area contributed by atoms with Crippen LogP contribution in [0.4, 0.5) is 5.82 Å². The van der Waals surface area contributed by atoms with Gasteiger partial charge in [-0.2, -0.15) is 0 Å². The zero-order valence-corrected chi connectivity index (χ0v) is 16.1. The highest BCUT2D eigenvalue weighted by molar-refractivity contribution is 5.47. The van der Waals surface area contributed by atoms with E-state index in [1.54, 1.807) is 7.11 Å². The second-order valence-corrected chi connectivity index (χ2v) is 8.02. The molecule has 2 fully saturated rings. The summed E-state index contributed by atoms with van der Waals surface area (Å²) >= 11 is 0. The Kier molecular flexibility index (Phi) is 6.02. The van der Waals surface area contributed by atoms with Gasteiger partial charge in [-0.3, -0.25) is 4.90 Å². The molecule has 0 radical (unpaired) electrons. The molecule has 0 bridgehead atoms. The van der Waals surface area contributed by atoms with Crippen molar-refractivity contribution in [2.45, 2.75) is 51.0 Å². The summed E-state index contributed by atoms with van der Waals surface area (Å²) in [4.78, 5) is 12.6. The van der Waals surface area contributed by atoms with E-state index in [0.717, 1.165) is 63.0 Å². The first-order valence-corrected chi connectivity index (χ1v) is 10.4. The predicted octanol–water partition coefficient (Wildman–Crippen LogP) is 1.64. The van der Waals surface area contributed by atoms with Gasteiger partial charge in [0.05, 0.1) is 12.3 Å². The summed E-state index contributed by atoms with van der Waals surface area (Å²) in [5.41, 5.74) is 2.62. The highest BCUT2D eigenvalue weighted by atomic mass is 16.5. The van der Waals surface area contributed by atoms with E-state index < -0.39 is 0 Å². The molecule has 26 heavy (non-hydrogen) atoms. The molecule has 6 heteroatoms. The largest absolute Gasteiger partial charge is 0.383 e. The minimum absolute atomic E-state index is 0.682. The predicted molar refractivity (Wildman–Crippen MR) is 104 cm³/mol. The van der Waals surface area contributed by atoms with Crippen LogP contribution in [0, 0.1) is 5.92 Å². The number of nitrogens with one attached hydrogen (secondary N) is 2. The zero-order valence-electron chi connectivity index (χ0n) is 16.1. The molecule has 6 nitrogen and oxygen atoms in total. The lowest BCUT2D eigenvalue weighted by Crippen LogP contribution is -2.46. The van der Waals surface area contributed by atoms with Crippen LogP contribution in [0.2, 0.25) is 0 Å². The topological polar surface area (TPSA) is 62.3 Å². The molecule has 0 spiro atoms. The van der Waals surface area contributed by atoms with Gasteiger partial charge in [0.2, 0.25) is 0 Å². The average Bonchev–Trinajstić information content (AvgIpc) is 3.49. The summed E-state index contributed by atoms with van der Waals surface area (Å²) in [5.74, 6) is 2.92. The third kappa shape index (κ3) is 4.53. The van der Waals surface area contributed by atoms with Crippen molar-refractivity contribution >= 4 is 5.82 Å². The first kappa shape index (κ1) is 18.1. The van der Waals surface area contributed by atoms with Crippen LogP contribution in [-0.2, 0) is 24.0 Å². The second-order valence-electron chi connectivity index (χ2n) is 8.02. The van der Waals surface area contributed by atoms with Crippen molar-refractivity contribution in [1.82, 2.24) is 20.2 Å². The molecule has 1 saturated heterocycles. The maximum absolute atomic E-state index is 5.21. The van der Waals surface area contributed by atoms with Gasteiger partial charge in [-0.15, -0.1) is 0 Å². The lowest BCUT2D eigenvalue weighted by Gasteiger charge is -2.33. The number of methoxy groups -OCH3 is 1. The Morgan fingerprint density at radius 3 is 2.85 bits per heavy atom. The van der Waals surface area contributed by atoms with Crippen LogP contribution in [0.3, 0.4) is 0 Å². The van der Waals surface area contributed by atoms with Crippen molar-refractivity contribution in [3.8, 4) is 0 Å². The van der Waals surface area contributed by atoms with Gasteiger partial charge in [0.15, 0.2) is 0 Å². The summed E-state index contributed by atoms with van der Waals surface area (Å²) in [6, 6.07) is 0.682. The smallest absolute Gasteiger partial charge is 0.133 e. The maximum Gasteiger partial charge on any atom is 0.133 e. The Bertz CT molecular complexity index is 598. The van der Waals surface area contributed by atoms with Gasteiger partial charge < -0.3 is 15.4 Å². The van der Waals surface area contributed by atoms with Crippen molar-refractivity contribution in [2.75, 3.05) is 51.8 Å². The highest BCUT2D eigenvalue weighted by Crippen LogP contribution is 2.33. The Labute approximate surface area is 157 Å². The fourth-order valence-corrected chi connectivity index (χ4v) is 4.27. The monoisotopic (exact) mass is 359 g/mol. The molecular formula is C20H33N5O. The second kappa shape index (κ2) is 8.63. The molecule has 0 unspecified atom stereocenters. The van der Waals surface area contributed by atoms with Gasteiger partial charge in [0.25, 0.3) is 0 Å². The Balaban J connectivity index is 1.50. The normalized spacial score (nSPS) is 24.1. The van der Waals surface area contributed by atoms with E-state index in [1.807, 2.05) is 0 Å². The third-order valence-electron chi connectivity index (χ3n) is 5.98. The summed E-state index contributed by atoms with van der Waals surface area (Å²) in [6.07, 6.45) is 8.44. The van der Waals surface area contributed by atoms with Gasteiger partial charge in [0.1, 0.15) is 11.6 Å². The summed E-state index contributed by atoms with van der Waals surface area (Å²) < 4.78 is 5.21. The van der Waals surface area contributed by atoms with Crippen molar-refractivity contribution in [3.05, 3.63) is 17.1 Å². The van der Waals surface area contributed by atoms with Gasteiger partial charge in [0, 0.05) is 57.7 Å². The fraction of sp³-hybridized carbons (Fsp3) is 0.800. The third-order valence-corrected chi connectivity index (χ3v) is 5.98. The molecule has 1 aromatic rings. The molecule has 0 aromatic carbocycles. The van der Waals surface area contributed by atoms with Gasteiger partial charge >= 0.3 is 0 Å². The molecule has 2 N–H and O–H groups in total.